The van der Waals surface area contributed by atoms with Crippen LogP contribution in [-0.2, 0) is 0 Å². The van der Waals surface area contributed by atoms with E-state index in [9.17, 15) is 0 Å². The van der Waals surface area contributed by atoms with Crippen molar-refractivity contribution in [1.82, 2.24) is 0 Å². The van der Waals surface area contributed by atoms with Crippen molar-refractivity contribution < 1.29 is 0 Å². The molecule has 0 aliphatic rings. The molecule has 0 saturated heterocycles. The summed E-state index contributed by atoms with van der Waals surface area (Å²) >= 11 is 5.98. The third-order valence-corrected chi connectivity index (χ3v) is 3.11. The van der Waals surface area contributed by atoms with Gasteiger partial charge in [-0.2, -0.15) is 5.26 Å². The second-order valence-electron chi connectivity index (χ2n) is 3.67. The van der Waals surface area contributed by atoms with E-state index in [1.54, 1.807) is 0 Å². The van der Waals surface area contributed by atoms with Crippen LogP contribution in [0.1, 0.15) is 33.2 Å². The molecule has 1 nitrogen and oxygen atoms in total. The van der Waals surface area contributed by atoms with E-state index in [0.29, 0.717) is 0 Å². The zero-order valence-electron chi connectivity index (χ0n) is 8.98. The lowest BCUT2D eigenvalue weighted by molar-refractivity contribution is 1.09. The Morgan fingerprint density at radius 1 is 1.14 bits per heavy atom. The minimum absolute atomic E-state index is 0.534. The average Bonchev–Trinajstić information content (AvgIpc) is 2.15. The molecule has 0 radical (unpaired) electrons. The van der Waals surface area contributed by atoms with Gasteiger partial charge in [0.05, 0.1) is 6.07 Å². The number of hydrogen-bond acceptors (Lipinski definition) is 1. The first-order valence-electron chi connectivity index (χ1n) is 4.60. The molecule has 0 aromatic heterocycles. The Hall–Kier alpha value is -1.00. The van der Waals surface area contributed by atoms with E-state index in [-0.39, 0.29) is 0 Å². The average molecular weight is 208 g/mol. The van der Waals surface area contributed by atoms with E-state index in [0.717, 1.165) is 16.7 Å². The standard InChI is InChI=1S/C12H14ClN/c1-7-5-8(2)10(4)12(9(7)3)11(13)6-14/h5,11H,1-4H3. The fourth-order valence-electron chi connectivity index (χ4n) is 1.69. The summed E-state index contributed by atoms with van der Waals surface area (Å²) in [4.78, 5) is 0. The van der Waals surface area contributed by atoms with Gasteiger partial charge in [-0.15, -0.1) is 11.6 Å². The molecule has 1 aromatic rings. The van der Waals surface area contributed by atoms with E-state index in [1.807, 2.05) is 27.7 Å². The van der Waals surface area contributed by atoms with Crippen molar-refractivity contribution in [3.05, 3.63) is 33.9 Å². The van der Waals surface area contributed by atoms with Crippen LogP contribution in [0.5, 0.6) is 0 Å². The molecular weight excluding hydrogens is 194 g/mol. The topological polar surface area (TPSA) is 23.8 Å². The highest BCUT2D eigenvalue weighted by atomic mass is 35.5. The maximum absolute atomic E-state index is 8.84. The highest BCUT2D eigenvalue weighted by molar-refractivity contribution is 6.22. The quantitative estimate of drug-likeness (QED) is 0.644. The number of alkyl halides is 1. The molecule has 0 amide bonds. The normalized spacial score (nSPS) is 12.3. The van der Waals surface area contributed by atoms with Crippen molar-refractivity contribution in [2.45, 2.75) is 33.1 Å². The van der Waals surface area contributed by atoms with Crippen molar-refractivity contribution in [3.8, 4) is 6.07 Å². The summed E-state index contributed by atoms with van der Waals surface area (Å²) in [6.45, 7) is 8.13. The van der Waals surface area contributed by atoms with Crippen molar-refractivity contribution in [2.24, 2.45) is 0 Å². The number of nitriles is 1. The lowest BCUT2D eigenvalue weighted by Gasteiger charge is -2.15. The van der Waals surface area contributed by atoms with Crippen LogP contribution in [0.15, 0.2) is 6.07 Å². The number of aryl methyl sites for hydroxylation is 2. The minimum atomic E-state index is -0.534. The fraction of sp³-hybridized carbons (Fsp3) is 0.417. The van der Waals surface area contributed by atoms with Gasteiger partial charge in [0.25, 0.3) is 0 Å². The van der Waals surface area contributed by atoms with Crippen LogP contribution in [-0.4, -0.2) is 0 Å². The first-order valence-corrected chi connectivity index (χ1v) is 5.03. The number of halogens is 1. The Bertz CT molecular complexity index is 376. The summed E-state index contributed by atoms with van der Waals surface area (Å²) < 4.78 is 0. The molecule has 0 fully saturated rings. The largest absolute Gasteiger partial charge is 0.196 e. The molecule has 0 saturated carbocycles. The van der Waals surface area contributed by atoms with Crippen molar-refractivity contribution >= 4 is 11.6 Å². The zero-order valence-corrected chi connectivity index (χ0v) is 9.74. The molecule has 0 N–H and O–H groups in total. The van der Waals surface area contributed by atoms with Crippen LogP contribution in [0, 0.1) is 39.0 Å². The number of benzene rings is 1. The van der Waals surface area contributed by atoms with E-state index < -0.39 is 5.38 Å². The van der Waals surface area contributed by atoms with Crippen LogP contribution in [0.4, 0.5) is 0 Å². The Morgan fingerprint density at radius 2 is 1.57 bits per heavy atom. The molecule has 1 aromatic carbocycles. The predicted octanol–water partition coefficient (Wildman–Crippen LogP) is 3.72. The third-order valence-electron chi connectivity index (χ3n) is 2.79. The highest BCUT2D eigenvalue weighted by Gasteiger charge is 2.15. The number of nitrogens with zero attached hydrogens (tertiary/aromatic N) is 1. The van der Waals surface area contributed by atoms with Crippen LogP contribution in [0.3, 0.4) is 0 Å². The van der Waals surface area contributed by atoms with Crippen molar-refractivity contribution in [3.63, 3.8) is 0 Å². The molecule has 0 aliphatic carbocycles. The summed E-state index contributed by atoms with van der Waals surface area (Å²) in [7, 11) is 0. The van der Waals surface area contributed by atoms with Crippen LogP contribution >= 0.6 is 11.6 Å². The maximum Gasteiger partial charge on any atom is 0.146 e. The molecule has 14 heavy (non-hydrogen) atoms. The lowest BCUT2D eigenvalue weighted by atomic mass is 9.92. The molecule has 1 atom stereocenters. The fourth-order valence-corrected chi connectivity index (χ4v) is 2.02. The van der Waals surface area contributed by atoms with Gasteiger partial charge >= 0.3 is 0 Å². The first-order chi connectivity index (χ1) is 6.49. The monoisotopic (exact) mass is 207 g/mol. The van der Waals surface area contributed by atoms with Crippen LogP contribution in [0.25, 0.3) is 0 Å². The summed E-state index contributed by atoms with van der Waals surface area (Å²) in [5, 5.41) is 8.30. The van der Waals surface area contributed by atoms with E-state index in [2.05, 4.69) is 12.1 Å². The molecular formula is C12H14ClN. The molecule has 1 unspecified atom stereocenters. The molecule has 0 bridgehead atoms. The minimum Gasteiger partial charge on any atom is -0.196 e. The lowest BCUT2D eigenvalue weighted by Crippen LogP contribution is -2.00. The van der Waals surface area contributed by atoms with Crippen LogP contribution in [0.2, 0.25) is 0 Å². The third kappa shape index (κ3) is 1.76. The van der Waals surface area contributed by atoms with Crippen molar-refractivity contribution in [1.29, 1.82) is 5.26 Å². The molecule has 2 heteroatoms. The van der Waals surface area contributed by atoms with Gasteiger partial charge in [-0.3, -0.25) is 0 Å². The van der Waals surface area contributed by atoms with Gasteiger partial charge in [0.15, 0.2) is 0 Å². The van der Waals surface area contributed by atoms with Gasteiger partial charge in [0.2, 0.25) is 0 Å². The molecule has 0 spiro atoms. The van der Waals surface area contributed by atoms with E-state index in [4.69, 9.17) is 16.9 Å². The summed E-state index contributed by atoms with van der Waals surface area (Å²) in [5.41, 5.74) is 5.64. The van der Waals surface area contributed by atoms with Gasteiger partial charge in [-0.05, 0) is 55.5 Å². The summed E-state index contributed by atoms with van der Waals surface area (Å²) in [6.07, 6.45) is 0. The molecule has 0 heterocycles. The highest BCUT2D eigenvalue weighted by Crippen LogP contribution is 2.30. The van der Waals surface area contributed by atoms with Gasteiger partial charge in [0.1, 0.15) is 5.38 Å². The van der Waals surface area contributed by atoms with Gasteiger partial charge in [-0.25, -0.2) is 0 Å². The van der Waals surface area contributed by atoms with E-state index in [1.165, 1.54) is 11.1 Å². The smallest absolute Gasteiger partial charge is 0.146 e. The zero-order chi connectivity index (χ0) is 10.9. The van der Waals surface area contributed by atoms with E-state index >= 15 is 0 Å². The van der Waals surface area contributed by atoms with Gasteiger partial charge in [-0.1, -0.05) is 6.07 Å². The summed E-state index contributed by atoms with van der Waals surface area (Å²) in [6, 6.07) is 4.22. The van der Waals surface area contributed by atoms with Gasteiger partial charge < -0.3 is 0 Å². The SMILES string of the molecule is Cc1cc(C)c(C)c(C(Cl)C#N)c1C. The Morgan fingerprint density at radius 3 is 1.93 bits per heavy atom. The molecule has 74 valence electrons. The maximum atomic E-state index is 8.84. The Labute approximate surface area is 90.3 Å². The number of hydrogen-bond donors (Lipinski definition) is 0. The van der Waals surface area contributed by atoms with Gasteiger partial charge in [0, 0.05) is 0 Å². The predicted molar refractivity (Wildman–Crippen MR) is 59.6 cm³/mol. The van der Waals surface area contributed by atoms with Crippen LogP contribution < -0.4 is 0 Å². The first kappa shape index (κ1) is 11.1. The molecule has 0 aliphatic heterocycles. The van der Waals surface area contributed by atoms with Crippen molar-refractivity contribution in [2.75, 3.05) is 0 Å². The number of rotatable bonds is 1. The summed E-state index contributed by atoms with van der Waals surface area (Å²) in [5.74, 6) is 0. The Kier molecular flexibility index (Phi) is 3.18. The second-order valence-corrected chi connectivity index (χ2v) is 4.10. The molecule has 1 rings (SSSR count). The second kappa shape index (κ2) is 4.02. The Balaban J connectivity index is 3.49.